The van der Waals surface area contributed by atoms with Crippen LogP contribution >= 0.6 is 23.1 Å². The predicted octanol–water partition coefficient (Wildman–Crippen LogP) is 5.92. The van der Waals surface area contributed by atoms with Crippen molar-refractivity contribution in [3.8, 4) is 11.1 Å². The molecule has 0 aliphatic carbocycles. The van der Waals surface area contributed by atoms with Gasteiger partial charge in [0.2, 0.25) is 5.91 Å². The predicted molar refractivity (Wildman–Crippen MR) is 135 cm³/mol. The van der Waals surface area contributed by atoms with Gasteiger partial charge >= 0.3 is 0 Å². The maximum absolute atomic E-state index is 12.9. The Bertz CT molecular complexity index is 1280. The summed E-state index contributed by atoms with van der Waals surface area (Å²) in [5, 5.41) is 3.04. The van der Waals surface area contributed by atoms with E-state index in [2.05, 4.69) is 48.1 Å². The lowest BCUT2D eigenvalue weighted by molar-refractivity contribution is -0.116. The van der Waals surface area contributed by atoms with Crippen LogP contribution in [-0.2, 0) is 4.79 Å². The Kier molecular flexibility index (Phi) is 6.77. The molecule has 0 atom stereocenters. The minimum absolute atomic E-state index is 0.0245. The number of benzene rings is 2. The lowest BCUT2D eigenvalue weighted by atomic mass is 9.99. The number of carbonyl (C=O) groups excluding carboxylic acids is 1. The number of hydrogen-bond donors (Lipinski definition) is 1. The molecule has 0 saturated heterocycles. The summed E-state index contributed by atoms with van der Waals surface area (Å²) in [5.41, 5.74) is 3.85. The fraction of sp³-hybridized carbons (Fsp3) is 0.240. The van der Waals surface area contributed by atoms with Gasteiger partial charge < -0.3 is 9.88 Å². The zero-order valence-electron chi connectivity index (χ0n) is 18.3. The van der Waals surface area contributed by atoms with E-state index in [1.165, 1.54) is 28.7 Å². The summed E-state index contributed by atoms with van der Waals surface area (Å²) in [7, 11) is 0. The SMILES string of the molecule is CCN(C(=O)CSc1nc2scc(-c3ccc(C(C)C)cc3)c2c(=O)[nH]1)c1ccccc1. The highest BCUT2D eigenvalue weighted by Crippen LogP contribution is 2.32. The Morgan fingerprint density at radius 1 is 1.12 bits per heavy atom. The molecule has 0 radical (unpaired) electrons. The van der Waals surface area contributed by atoms with Crippen LogP contribution in [0, 0.1) is 0 Å². The molecule has 1 N–H and O–H groups in total. The van der Waals surface area contributed by atoms with Gasteiger partial charge in [-0.25, -0.2) is 4.98 Å². The number of rotatable bonds is 7. The van der Waals surface area contributed by atoms with E-state index in [1.807, 2.05) is 42.6 Å². The van der Waals surface area contributed by atoms with Gasteiger partial charge in [-0.05, 0) is 36.1 Å². The third-order valence-corrected chi connectivity index (χ3v) is 7.06. The molecule has 2 aromatic carbocycles. The van der Waals surface area contributed by atoms with E-state index >= 15 is 0 Å². The van der Waals surface area contributed by atoms with Crippen molar-refractivity contribution in [2.75, 3.05) is 17.2 Å². The second-order valence-electron chi connectivity index (χ2n) is 7.74. The van der Waals surface area contributed by atoms with Crippen molar-refractivity contribution in [3.05, 3.63) is 75.9 Å². The average Bonchev–Trinajstić information content (AvgIpc) is 3.23. The second kappa shape index (κ2) is 9.71. The molecule has 4 rings (SSSR count). The van der Waals surface area contributed by atoms with Gasteiger partial charge in [0.25, 0.3) is 5.56 Å². The lowest BCUT2D eigenvalue weighted by Gasteiger charge is -2.20. The fourth-order valence-electron chi connectivity index (χ4n) is 3.58. The molecule has 164 valence electrons. The maximum atomic E-state index is 12.9. The number of amides is 1. The van der Waals surface area contributed by atoms with Crippen LogP contribution in [0.25, 0.3) is 21.3 Å². The number of hydrogen-bond acceptors (Lipinski definition) is 5. The molecule has 2 aromatic heterocycles. The van der Waals surface area contributed by atoms with Crippen LogP contribution in [0.15, 0.2) is 69.9 Å². The monoisotopic (exact) mass is 463 g/mol. The number of anilines is 1. The summed E-state index contributed by atoms with van der Waals surface area (Å²) in [5.74, 6) is 0.635. The van der Waals surface area contributed by atoms with E-state index in [-0.39, 0.29) is 17.2 Å². The fourth-order valence-corrected chi connectivity index (χ4v) is 5.32. The number of thioether (sulfide) groups is 1. The number of thiophene rings is 1. The first kappa shape index (κ1) is 22.3. The Hall–Kier alpha value is -2.90. The zero-order valence-corrected chi connectivity index (χ0v) is 19.9. The summed E-state index contributed by atoms with van der Waals surface area (Å²) in [6.45, 7) is 6.85. The van der Waals surface area contributed by atoms with E-state index in [1.54, 1.807) is 4.90 Å². The van der Waals surface area contributed by atoms with E-state index in [0.717, 1.165) is 16.8 Å². The topological polar surface area (TPSA) is 66.1 Å². The number of nitrogens with one attached hydrogen (secondary N) is 1. The molecule has 0 fully saturated rings. The number of nitrogens with zero attached hydrogens (tertiary/aromatic N) is 2. The van der Waals surface area contributed by atoms with Crippen molar-refractivity contribution < 1.29 is 4.79 Å². The molecule has 4 aromatic rings. The van der Waals surface area contributed by atoms with Crippen molar-refractivity contribution in [1.82, 2.24) is 9.97 Å². The van der Waals surface area contributed by atoms with Gasteiger partial charge in [-0.3, -0.25) is 9.59 Å². The summed E-state index contributed by atoms with van der Waals surface area (Å²) in [6, 6.07) is 17.9. The number of H-pyrrole nitrogens is 1. The summed E-state index contributed by atoms with van der Waals surface area (Å²) >= 11 is 2.70. The van der Waals surface area contributed by atoms with Gasteiger partial charge in [-0.2, -0.15) is 0 Å². The first-order valence-corrected chi connectivity index (χ1v) is 12.4. The molecule has 0 spiro atoms. The van der Waals surface area contributed by atoms with Crippen LogP contribution in [0.5, 0.6) is 0 Å². The van der Waals surface area contributed by atoms with Gasteiger partial charge in [0.1, 0.15) is 4.83 Å². The Balaban J connectivity index is 1.54. The Labute approximate surface area is 195 Å². The number of aromatic amines is 1. The zero-order chi connectivity index (χ0) is 22.7. The highest BCUT2D eigenvalue weighted by atomic mass is 32.2. The molecule has 32 heavy (non-hydrogen) atoms. The minimum Gasteiger partial charge on any atom is -0.312 e. The molecule has 0 saturated carbocycles. The van der Waals surface area contributed by atoms with E-state index in [9.17, 15) is 9.59 Å². The van der Waals surface area contributed by atoms with Gasteiger partial charge in [0, 0.05) is 23.2 Å². The second-order valence-corrected chi connectivity index (χ2v) is 9.56. The molecule has 1 amide bonds. The summed E-state index contributed by atoms with van der Waals surface area (Å²) < 4.78 is 0. The molecule has 5 nitrogen and oxygen atoms in total. The van der Waals surface area contributed by atoms with Crippen molar-refractivity contribution in [1.29, 1.82) is 0 Å². The van der Waals surface area contributed by atoms with E-state index < -0.39 is 0 Å². The van der Waals surface area contributed by atoms with Crippen LogP contribution in [0.2, 0.25) is 0 Å². The Morgan fingerprint density at radius 3 is 2.50 bits per heavy atom. The Morgan fingerprint density at radius 2 is 1.84 bits per heavy atom. The average molecular weight is 464 g/mol. The molecule has 0 unspecified atom stereocenters. The summed E-state index contributed by atoms with van der Waals surface area (Å²) in [6.07, 6.45) is 0. The van der Waals surface area contributed by atoms with E-state index in [4.69, 9.17) is 0 Å². The number of fused-ring (bicyclic) bond motifs is 1. The molecule has 7 heteroatoms. The first-order chi connectivity index (χ1) is 15.5. The quantitative estimate of drug-likeness (QED) is 0.273. The highest BCUT2D eigenvalue weighted by Gasteiger charge is 2.17. The van der Waals surface area contributed by atoms with Crippen LogP contribution in [0.3, 0.4) is 0 Å². The standard InChI is InChI=1S/C25H25N3O2S2/c1-4-28(19-8-6-5-7-9-19)21(29)15-32-25-26-23(30)22-20(14-31-24(22)27-25)18-12-10-17(11-13-18)16(2)3/h5-14,16H,4,15H2,1-3H3,(H,26,27,30). The molecule has 2 heterocycles. The molecular formula is C25H25N3O2S2. The molecular weight excluding hydrogens is 438 g/mol. The van der Waals surface area contributed by atoms with Gasteiger partial charge in [-0.15, -0.1) is 11.3 Å². The van der Waals surface area contributed by atoms with E-state index in [0.29, 0.717) is 27.8 Å². The first-order valence-electron chi connectivity index (χ1n) is 10.6. The van der Waals surface area contributed by atoms with Crippen molar-refractivity contribution in [2.45, 2.75) is 31.8 Å². The normalized spacial score (nSPS) is 11.2. The number of carbonyl (C=O) groups is 1. The largest absolute Gasteiger partial charge is 0.312 e. The highest BCUT2D eigenvalue weighted by molar-refractivity contribution is 7.99. The van der Waals surface area contributed by atoms with Gasteiger partial charge in [0.05, 0.1) is 11.1 Å². The smallest absolute Gasteiger partial charge is 0.260 e. The summed E-state index contributed by atoms with van der Waals surface area (Å²) in [4.78, 5) is 35.5. The van der Waals surface area contributed by atoms with Crippen molar-refractivity contribution >= 4 is 44.9 Å². The van der Waals surface area contributed by atoms with Crippen molar-refractivity contribution in [2.24, 2.45) is 0 Å². The minimum atomic E-state index is -0.176. The van der Waals surface area contributed by atoms with Crippen molar-refractivity contribution in [3.63, 3.8) is 0 Å². The van der Waals surface area contributed by atoms with Crippen LogP contribution < -0.4 is 10.5 Å². The molecule has 0 aliphatic rings. The third-order valence-electron chi connectivity index (χ3n) is 5.33. The third kappa shape index (κ3) is 4.64. The van der Waals surface area contributed by atoms with Crippen LogP contribution in [0.1, 0.15) is 32.3 Å². The maximum Gasteiger partial charge on any atom is 0.260 e. The molecule has 0 bridgehead atoms. The van der Waals surface area contributed by atoms with Crippen LogP contribution in [-0.4, -0.2) is 28.2 Å². The van der Waals surface area contributed by atoms with Gasteiger partial charge in [-0.1, -0.05) is 68.1 Å². The number of para-hydroxylation sites is 1. The lowest BCUT2D eigenvalue weighted by Crippen LogP contribution is -2.32. The van der Waals surface area contributed by atoms with Gasteiger partial charge in [0.15, 0.2) is 5.16 Å². The van der Waals surface area contributed by atoms with Crippen LogP contribution in [0.4, 0.5) is 5.69 Å². The molecule has 0 aliphatic heterocycles. The number of aromatic nitrogens is 2.